The van der Waals surface area contributed by atoms with Crippen LogP contribution >= 0.6 is 11.3 Å². The maximum atomic E-state index is 6.02. The van der Waals surface area contributed by atoms with Crippen LogP contribution in [0.1, 0.15) is 49.7 Å². The Bertz CT molecular complexity index is 372. The molecule has 0 aliphatic carbocycles. The minimum atomic E-state index is -0.127. The minimum Gasteiger partial charge on any atom is -0.374 e. The highest BCUT2D eigenvalue weighted by Gasteiger charge is 2.33. The van der Waals surface area contributed by atoms with Gasteiger partial charge >= 0.3 is 0 Å². The quantitative estimate of drug-likeness (QED) is 0.793. The number of thiazole rings is 1. The summed E-state index contributed by atoms with van der Waals surface area (Å²) in [5.74, 6) is 0. The van der Waals surface area contributed by atoms with Crippen molar-refractivity contribution in [3.05, 3.63) is 15.6 Å². The highest BCUT2D eigenvalue weighted by Crippen LogP contribution is 2.26. The zero-order valence-corrected chi connectivity index (χ0v) is 14.0. The molecule has 1 heterocycles. The fraction of sp³-hybridized carbons (Fsp3) is 0.800. The van der Waals surface area contributed by atoms with Crippen molar-refractivity contribution < 1.29 is 4.74 Å². The summed E-state index contributed by atoms with van der Waals surface area (Å²) in [6.07, 6.45) is 1.94. The number of likely N-dealkylation sites (N-methyl/N-ethyl adjacent to an activating group) is 1. The standard InChI is InChI=1S/C15H28N2OS/c1-7-15(6,18-9-3)13(16-8-2)10-14-17-11(4)12(5)19-14/h13,16H,7-10H2,1-6H3. The lowest BCUT2D eigenvalue weighted by atomic mass is 9.90. The van der Waals surface area contributed by atoms with Crippen LogP contribution in [-0.2, 0) is 11.2 Å². The minimum absolute atomic E-state index is 0.127. The van der Waals surface area contributed by atoms with Gasteiger partial charge in [-0.1, -0.05) is 13.8 Å². The summed E-state index contributed by atoms with van der Waals surface area (Å²) in [5, 5.41) is 4.79. The number of hydrogen-bond acceptors (Lipinski definition) is 4. The van der Waals surface area contributed by atoms with Crippen LogP contribution in [0.2, 0.25) is 0 Å². The highest BCUT2D eigenvalue weighted by atomic mass is 32.1. The van der Waals surface area contributed by atoms with E-state index in [1.807, 2.05) is 0 Å². The summed E-state index contributed by atoms with van der Waals surface area (Å²) in [6, 6.07) is 0.312. The van der Waals surface area contributed by atoms with Gasteiger partial charge in [0.05, 0.1) is 16.3 Å². The smallest absolute Gasteiger partial charge is 0.0947 e. The zero-order chi connectivity index (χ0) is 14.5. The first-order chi connectivity index (χ1) is 8.96. The summed E-state index contributed by atoms with van der Waals surface area (Å²) in [7, 11) is 0. The van der Waals surface area contributed by atoms with Crippen LogP contribution in [0, 0.1) is 13.8 Å². The van der Waals surface area contributed by atoms with Gasteiger partial charge in [-0.3, -0.25) is 0 Å². The van der Waals surface area contributed by atoms with Crippen LogP contribution in [0.25, 0.3) is 0 Å². The molecule has 3 nitrogen and oxygen atoms in total. The molecule has 2 unspecified atom stereocenters. The average molecular weight is 284 g/mol. The van der Waals surface area contributed by atoms with E-state index in [1.54, 1.807) is 11.3 Å². The first kappa shape index (κ1) is 16.6. The van der Waals surface area contributed by atoms with Crippen LogP contribution in [0.3, 0.4) is 0 Å². The van der Waals surface area contributed by atoms with Crippen molar-refractivity contribution in [2.24, 2.45) is 0 Å². The van der Waals surface area contributed by atoms with E-state index in [9.17, 15) is 0 Å². The lowest BCUT2D eigenvalue weighted by Gasteiger charge is -2.37. The molecular formula is C15H28N2OS. The lowest BCUT2D eigenvalue weighted by Crippen LogP contribution is -2.51. The molecule has 19 heavy (non-hydrogen) atoms. The van der Waals surface area contributed by atoms with E-state index < -0.39 is 0 Å². The molecule has 1 aromatic heterocycles. The third kappa shape index (κ3) is 4.26. The number of hydrogen-bond donors (Lipinski definition) is 1. The second-order valence-corrected chi connectivity index (χ2v) is 6.45. The average Bonchev–Trinajstić information content (AvgIpc) is 2.68. The fourth-order valence-corrected chi connectivity index (χ4v) is 3.31. The third-order valence-electron chi connectivity index (χ3n) is 3.82. The van der Waals surface area contributed by atoms with Crippen molar-refractivity contribution in [2.75, 3.05) is 13.2 Å². The van der Waals surface area contributed by atoms with Crippen LogP contribution in [0.4, 0.5) is 0 Å². The van der Waals surface area contributed by atoms with E-state index in [2.05, 4.69) is 51.8 Å². The highest BCUT2D eigenvalue weighted by molar-refractivity contribution is 7.11. The monoisotopic (exact) mass is 284 g/mol. The van der Waals surface area contributed by atoms with Crippen molar-refractivity contribution in [3.8, 4) is 0 Å². The molecule has 0 aromatic carbocycles. The van der Waals surface area contributed by atoms with Crippen LogP contribution in [0.5, 0.6) is 0 Å². The van der Waals surface area contributed by atoms with Gasteiger partial charge in [-0.25, -0.2) is 4.98 Å². The summed E-state index contributed by atoms with van der Waals surface area (Å²) in [5.41, 5.74) is 1.03. The van der Waals surface area contributed by atoms with E-state index in [1.165, 1.54) is 9.88 Å². The Morgan fingerprint density at radius 1 is 1.32 bits per heavy atom. The second-order valence-electron chi connectivity index (χ2n) is 5.16. The van der Waals surface area contributed by atoms with Crippen molar-refractivity contribution in [3.63, 3.8) is 0 Å². The summed E-state index contributed by atoms with van der Waals surface area (Å²) < 4.78 is 6.02. The molecule has 0 bridgehead atoms. The molecule has 0 amide bonds. The van der Waals surface area contributed by atoms with Gasteiger partial charge < -0.3 is 10.1 Å². The number of aryl methyl sites for hydroxylation is 2. The number of ether oxygens (including phenoxy) is 1. The Morgan fingerprint density at radius 3 is 2.42 bits per heavy atom. The van der Waals surface area contributed by atoms with Gasteiger partial charge in [-0.05, 0) is 40.7 Å². The first-order valence-electron chi connectivity index (χ1n) is 7.27. The van der Waals surface area contributed by atoms with Gasteiger partial charge in [0.2, 0.25) is 0 Å². The van der Waals surface area contributed by atoms with Gasteiger partial charge in [-0.2, -0.15) is 0 Å². The maximum Gasteiger partial charge on any atom is 0.0947 e. The van der Waals surface area contributed by atoms with Crippen molar-refractivity contribution in [1.29, 1.82) is 0 Å². The maximum absolute atomic E-state index is 6.02. The summed E-state index contributed by atoms with van der Waals surface area (Å²) >= 11 is 1.81. The third-order valence-corrected chi connectivity index (χ3v) is 4.91. The van der Waals surface area contributed by atoms with Gasteiger partial charge in [0, 0.05) is 23.9 Å². The Morgan fingerprint density at radius 2 is 2.00 bits per heavy atom. The van der Waals surface area contributed by atoms with Crippen LogP contribution in [-0.4, -0.2) is 29.8 Å². The molecule has 0 aliphatic rings. The first-order valence-corrected chi connectivity index (χ1v) is 8.08. The fourth-order valence-electron chi connectivity index (χ4n) is 2.33. The molecule has 0 aliphatic heterocycles. The number of nitrogens with zero attached hydrogens (tertiary/aromatic N) is 1. The Labute approximate surface area is 121 Å². The predicted octanol–water partition coefficient (Wildman–Crippen LogP) is 3.49. The van der Waals surface area contributed by atoms with E-state index in [4.69, 9.17) is 4.74 Å². The SMILES string of the molecule is CCNC(Cc1nc(C)c(C)s1)C(C)(CC)OCC. The lowest BCUT2D eigenvalue weighted by molar-refractivity contribution is -0.0547. The molecule has 0 radical (unpaired) electrons. The van der Waals surface area contributed by atoms with Gasteiger partial charge in [0.1, 0.15) is 0 Å². The molecular weight excluding hydrogens is 256 g/mol. The number of aromatic nitrogens is 1. The Hall–Kier alpha value is -0.450. The zero-order valence-electron chi connectivity index (χ0n) is 13.2. The molecule has 1 aromatic rings. The molecule has 0 saturated carbocycles. The predicted molar refractivity (Wildman–Crippen MR) is 83.1 cm³/mol. The molecule has 2 atom stereocenters. The Balaban J connectivity index is 2.87. The van der Waals surface area contributed by atoms with E-state index in [-0.39, 0.29) is 5.60 Å². The summed E-state index contributed by atoms with van der Waals surface area (Å²) in [6.45, 7) is 14.5. The molecule has 0 spiro atoms. The molecule has 1 rings (SSSR count). The molecule has 1 N–H and O–H groups in total. The normalized spacial score (nSPS) is 16.3. The molecule has 0 saturated heterocycles. The summed E-state index contributed by atoms with van der Waals surface area (Å²) in [4.78, 5) is 5.98. The van der Waals surface area contributed by atoms with Crippen molar-refractivity contribution in [2.45, 2.75) is 66.0 Å². The van der Waals surface area contributed by atoms with Gasteiger partial charge in [-0.15, -0.1) is 11.3 Å². The number of rotatable bonds is 8. The van der Waals surface area contributed by atoms with E-state index in [0.29, 0.717) is 6.04 Å². The topological polar surface area (TPSA) is 34.2 Å². The molecule has 4 heteroatoms. The van der Waals surface area contributed by atoms with E-state index >= 15 is 0 Å². The second kappa shape index (κ2) is 7.36. The Kier molecular flexibility index (Phi) is 6.43. The molecule has 110 valence electrons. The van der Waals surface area contributed by atoms with Gasteiger partial charge in [0.15, 0.2) is 0 Å². The van der Waals surface area contributed by atoms with E-state index in [0.717, 1.165) is 31.7 Å². The van der Waals surface area contributed by atoms with Crippen LogP contribution < -0.4 is 5.32 Å². The van der Waals surface area contributed by atoms with Crippen molar-refractivity contribution >= 4 is 11.3 Å². The number of nitrogens with one attached hydrogen (secondary N) is 1. The van der Waals surface area contributed by atoms with Crippen LogP contribution in [0.15, 0.2) is 0 Å². The largest absolute Gasteiger partial charge is 0.374 e. The molecule has 0 fully saturated rings. The van der Waals surface area contributed by atoms with Crippen molar-refractivity contribution in [1.82, 2.24) is 10.3 Å². The van der Waals surface area contributed by atoms with Gasteiger partial charge in [0.25, 0.3) is 0 Å².